The standard InChI is InChI=1S/C25H51NO8/c1-4-5-6-7-8-9-10-26-11-13-28-17-18-30-21-22-33-25(2,34-24-32-16-15-27-3)23-31-20-19-29-14-12-26/h4-24H2,1-3H3. The Kier molecular flexibility index (Phi) is 21.5. The maximum absolute atomic E-state index is 5.89. The molecule has 0 aliphatic carbocycles. The summed E-state index contributed by atoms with van der Waals surface area (Å²) in [6.45, 7) is 12.7. The Bertz CT molecular complexity index is 432. The average molecular weight is 494 g/mol. The molecule has 9 nitrogen and oxygen atoms in total. The molecule has 0 spiro atoms. The smallest absolute Gasteiger partial charge is 0.191 e. The first-order chi connectivity index (χ1) is 16.7. The number of methoxy groups -OCH3 is 1. The Morgan fingerprint density at radius 1 is 0.735 bits per heavy atom. The largest absolute Gasteiger partial charge is 0.382 e. The van der Waals surface area contributed by atoms with Gasteiger partial charge >= 0.3 is 0 Å². The third-order valence-corrected chi connectivity index (χ3v) is 5.55. The summed E-state index contributed by atoms with van der Waals surface area (Å²) in [4.78, 5) is 2.44. The van der Waals surface area contributed by atoms with Crippen LogP contribution < -0.4 is 0 Å². The third-order valence-electron chi connectivity index (χ3n) is 5.55. The van der Waals surface area contributed by atoms with Gasteiger partial charge in [0.15, 0.2) is 5.79 Å². The molecular formula is C25H51NO8. The average Bonchev–Trinajstić information content (AvgIpc) is 2.83. The fraction of sp³-hybridized carbons (Fsp3) is 1.00. The molecule has 1 fully saturated rings. The monoisotopic (exact) mass is 493 g/mol. The van der Waals surface area contributed by atoms with E-state index in [1.54, 1.807) is 7.11 Å². The Balaban J connectivity index is 2.37. The number of unbranched alkanes of at least 4 members (excludes halogenated alkanes) is 5. The second kappa shape index (κ2) is 23.1. The summed E-state index contributed by atoms with van der Waals surface area (Å²) in [6, 6.07) is 0. The molecule has 1 rings (SSSR count). The van der Waals surface area contributed by atoms with Crippen LogP contribution in [0.15, 0.2) is 0 Å². The third kappa shape index (κ3) is 18.9. The van der Waals surface area contributed by atoms with E-state index >= 15 is 0 Å². The highest BCUT2D eigenvalue weighted by molar-refractivity contribution is 4.62. The first-order valence-electron chi connectivity index (χ1n) is 13.1. The van der Waals surface area contributed by atoms with Crippen molar-refractivity contribution in [3.05, 3.63) is 0 Å². The van der Waals surface area contributed by atoms with Crippen LogP contribution in [0.2, 0.25) is 0 Å². The van der Waals surface area contributed by atoms with Crippen LogP contribution in [-0.2, 0) is 37.9 Å². The molecule has 1 aliphatic rings. The van der Waals surface area contributed by atoms with Gasteiger partial charge in [0.05, 0.1) is 66.1 Å². The molecule has 1 heterocycles. The molecule has 0 radical (unpaired) electrons. The van der Waals surface area contributed by atoms with Crippen LogP contribution in [0.4, 0.5) is 0 Å². The molecule has 0 aromatic carbocycles. The molecule has 204 valence electrons. The number of hydrogen-bond donors (Lipinski definition) is 0. The lowest BCUT2D eigenvalue weighted by Crippen LogP contribution is -2.40. The van der Waals surface area contributed by atoms with Crippen LogP contribution in [0.3, 0.4) is 0 Å². The van der Waals surface area contributed by atoms with E-state index in [1.165, 1.54) is 38.5 Å². The van der Waals surface area contributed by atoms with Crippen LogP contribution in [-0.4, -0.2) is 117 Å². The molecule has 0 saturated carbocycles. The maximum Gasteiger partial charge on any atom is 0.191 e. The van der Waals surface area contributed by atoms with Gasteiger partial charge < -0.3 is 37.9 Å². The lowest BCUT2D eigenvalue weighted by Gasteiger charge is -2.29. The van der Waals surface area contributed by atoms with Crippen LogP contribution in [0.25, 0.3) is 0 Å². The Morgan fingerprint density at radius 2 is 1.35 bits per heavy atom. The molecule has 1 saturated heterocycles. The van der Waals surface area contributed by atoms with E-state index in [9.17, 15) is 0 Å². The molecule has 0 bridgehead atoms. The van der Waals surface area contributed by atoms with Crippen molar-refractivity contribution in [1.29, 1.82) is 0 Å². The van der Waals surface area contributed by atoms with Gasteiger partial charge in [0, 0.05) is 20.2 Å². The Hall–Kier alpha value is -0.360. The van der Waals surface area contributed by atoms with E-state index in [2.05, 4.69) is 11.8 Å². The van der Waals surface area contributed by atoms with Gasteiger partial charge in [0.2, 0.25) is 0 Å². The lowest BCUT2D eigenvalue weighted by molar-refractivity contribution is -0.285. The van der Waals surface area contributed by atoms with E-state index in [0.717, 1.165) is 19.6 Å². The normalized spacial score (nSPS) is 23.4. The fourth-order valence-electron chi connectivity index (χ4n) is 3.45. The quantitative estimate of drug-likeness (QED) is 0.284. The van der Waals surface area contributed by atoms with Gasteiger partial charge in [-0.15, -0.1) is 0 Å². The molecule has 0 amide bonds. The first kappa shape index (κ1) is 31.7. The second-order valence-corrected chi connectivity index (χ2v) is 8.64. The van der Waals surface area contributed by atoms with Crippen molar-refractivity contribution in [3.8, 4) is 0 Å². The van der Waals surface area contributed by atoms with Crippen molar-refractivity contribution < 1.29 is 37.9 Å². The van der Waals surface area contributed by atoms with Crippen LogP contribution in [0.5, 0.6) is 0 Å². The minimum absolute atomic E-state index is 0.100. The minimum atomic E-state index is -0.924. The molecule has 34 heavy (non-hydrogen) atoms. The number of rotatable bonds is 13. The summed E-state index contributed by atoms with van der Waals surface area (Å²) >= 11 is 0. The van der Waals surface area contributed by atoms with Crippen molar-refractivity contribution in [3.63, 3.8) is 0 Å². The van der Waals surface area contributed by atoms with Crippen molar-refractivity contribution in [2.45, 2.75) is 58.2 Å². The zero-order valence-corrected chi connectivity index (χ0v) is 22.1. The van der Waals surface area contributed by atoms with Crippen molar-refractivity contribution in [2.75, 3.05) is 106 Å². The highest BCUT2D eigenvalue weighted by Gasteiger charge is 2.26. The van der Waals surface area contributed by atoms with E-state index in [1.807, 2.05) is 6.92 Å². The number of hydrogen-bond acceptors (Lipinski definition) is 9. The topological polar surface area (TPSA) is 77.1 Å². The maximum atomic E-state index is 5.89. The summed E-state index contributed by atoms with van der Waals surface area (Å²) in [5.41, 5.74) is 0. The molecule has 1 aliphatic heterocycles. The summed E-state index contributed by atoms with van der Waals surface area (Å²) < 4.78 is 45.1. The van der Waals surface area contributed by atoms with Gasteiger partial charge in [0.1, 0.15) is 13.4 Å². The minimum Gasteiger partial charge on any atom is -0.382 e. The van der Waals surface area contributed by atoms with Crippen LogP contribution in [0, 0.1) is 0 Å². The Morgan fingerprint density at radius 3 is 2.06 bits per heavy atom. The molecule has 1 unspecified atom stereocenters. The molecule has 0 N–H and O–H groups in total. The first-order valence-corrected chi connectivity index (χ1v) is 13.1. The van der Waals surface area contributed by atoms with Crippen molar-refractivity contribution >= 4 is 0 Å². The zero-order chi connectivity index (χ0) is 24.6. The predicted molar refractivity (Wildman–Crippen MR) is 131 cm³/mol. The highest BCUT2D eigenvalue weighted by Crippen LogP contribution is 2.14. The van der Waals surface area contributed by atoms with Gasteiger partial charge in [-0.05, 0) is 19.9 Å². The molecule has 9 heteroatoms. The SMILES string of the molecule is CCCCCCCCN1CCOCCOCCOC(C)(OCOCCOC)COCCOCC1. The summed E-state index contributed by atoms with van der Waals surface area (Å²) in [5.74, 6) is -0.924. The van der Waals surface area contributed by atoms with Crippen LogP contribution in [0.1, 0.15) is 52.4 Å². The van der Waals surface area contributed by atoms with Gasteiger partial charge in [-0.3, -0.25) is 4.90 Å². The van der Waals surface area contributed by atoms with E-state index in [4.69, 9.17) is 37.9 Å². The number of nitrogens with zero attached hydrogens (tertiary/aromatic N) is 1. The van der Waals surface area contributed by atoms with E-state index in [-0.39, 0.29) is 13.4 Å². The molecular weight excluding hydrogens is 442 g/mol. The zero-order valence-electron chi connectivity index (χ0n) is 22.1. The van der Waals surface area contributed by atoms with Gasteiger partial charge in [-0.1, -0.05) is 39.0 Å². The summed E-state index contributed by atoms with van der Waals surface area (Å²) in [6.07, 6.45) is 7.82. The van der Waals surface area contributed by atoms with Gasteiger partial charge in [-0.25, -0.2) is 0 Å². The predicted octanol–water partition coefficient (Wildman–Crippen LogP) is 3.10. The molecule has 1 atom stereocenters. The summed E-state index contributed by atoms with van der Waals surface area (Å²) in [5, 5.41) is 0. The second-order valence-electron chi connectivity index (χ2n) is 8.64. The van der Waals surface area contributed by atoms with Crippen molar-refractivity contribution in [1.82, 2.24) is 4.90 Å². The van der Waals surface area contributed by atoms with E-state index < -0.39 is 5.79 Å². The van der Waals surface area contributed by atoms with Gasteiger partial charge in [-0.2, -0.15) is 0 Å². The highest BCUT2D eigenvalue weighted by atomic mass is 16.8. The van der Waals surface area contributed by atoms with Crippen LogP contribution >= 0.6 is 0 Å². The summed E-state index contributed by atoms with van der Waals surface area (Å²) in [7, 11) is 1.63. The lowest BCUT2D eigenvalue weighted by atomic mass is 10.1. The fourth-order valence-corrected chi connectivity index (χ4v) is 3.45. The number of ether oxygens (including phenoxy) is 8. The van der Waals surface area contributed by atoms with Gasteiger partial charge in [0.25, 0.3) is 0 Å². The van der Waals surface area contributed by atoms with Crippen molar-refractivity contribution in [2.24, 2.45) is 0 Å². The van der Waals surface area contributed by atoms with E-state index in [0.29, 0.717) is 66.1 Å². The molecule has 0 aromatic rings. The molecule has 0 aromatic heterocycles. The Labute approximate surface area is 207 Å².